The van der Waals surface area contributed by atoms with Crippen LogP contribution in [0.3, 0.4) is 0 Å². The van der Waals surface area contributed by atoms with E-state index in [4.69, 9.17) is 14.7 Å². The Hall–Kier alpha value is -0.705. The van der Waals surface area contributed by atoms with Crippen molar-refractivity contribution >= 4 is 19.2 Å². The standard InChI is InChI=1S/C16H24N2O2.CH3BN.Na/c1-19-16(20-2)12-6-9-18(10-7-12)14-3-4-15-13(11-14)5-8-17-15;2-1-3;/h3-4,11-12,16-17H,5-10H2,1-2H3;2H3;/q;-1;+1. The van der Waals surface area contributed by atoms with Crippen LogP contribution in [0.15, 0.2) is 18.2 Å². The average Bonchev–Trinajstić information content (AvgIpc) is 3.05. The van der Waals surface area contributed by atoms with Crippen molar-refractivity contribution < 1.29 is 39.0 Å². The van der Waals surface area contributed by atoms with Gasteiger partial charge in [-0.05, 0) is 43.0 Å². The van der Waals surface area contributed by atoms with E-state index >= 15 is 0 Å². The Balaban J connectivity index is 0.000000671. The summed E-state index contributed by atoms with van der Waals surface area (Å²) in [6.45, 7) is 3.24. The SMILES string of the molecule is COC(OC)C1CCN(c2ccc3c(c2)CCN3)CC1.[BH3-]C#N.[Na+]. The van der Waals surface area contributed by atoms with Crippen molar-refractivity contribution in [3.05, 3.63) is 23.8 Å². The Bertz CT molecular complexity index is 541. The summed E-state index contributed by atoms with van der Waals surface area (Å²) in [7, 11) is 3.53. The van der Waals surface area contributed by atoms with Crippen molar-refractivity contribution in [3.63, 3.8) is 0 Å². The topological polar surface area (TPSA) is 57.5 Å². The quantitative estimate of drug-likeness (QED) is 0.525. The second-order valence-electron chi connectivity index (χ2n) is 5.68. The van der Waals surface area contributed by atoms with E-state index in [0.717, 1.165) is 38.9 Å². The molecule has 0 spiro atoms. The summed E-state index contributed by atoms with van der Waals surface area (Å²) in [5.74, 6) is 2.51. The van der Waals surface area contributed by atoms with Gasteiger partial charge in [-0.25, -0.2) is 0 Å². The zero-order valence-corrected chi connectivity index (χ0v) is 16.3. The average molecular weight is 339 g/mol. The van der Waals surface area contributed by atoms with Gasteiger partial charge in [0.05, 0.1) is 7.85 Å². The molecule has 1 aromatic carbocycles. The van der Waals surface area contributed by atoms with Crippen LogP contribution in [-0.2, 0) is 15.9 Å². The van der Waals surface area contributed by atoms with Gasteiger partial charge in [-0.1, -0.05) is 0 Å². The van der Waals surface area contributed by atoms with E-state index in [-0.39, 0.29) is 43.7 Å². The van der Waals surface area contributed by atoms with Gasteiger partial charge in [0.15, 0.2) is 6.29 Å². The van der Waals surface area contributed by atoms with Crippen molar-refractivity contribution in [2.75, 3.05) is 44.1 Å². The Kier molecular flexibility index (Phi) is 9.79. The Morgan fingerprint density at radius 1 is 1.29 bits per heavy atom. The normalized spacial score (nSPS) is 16.4. The minimum Gasteiger partial charge on any atom is -0.384 e. The molecule has 2 aliphatic rings. The monoisotopic (exact) mass is 339 g/mol. The van der Waals surface area contributed by atoms with Gasteiger partial charge in [0.25, 0.3) is 0 Å². The van der Waals surface area contributed by atoms with Gasteiger partial charge < -0.3 is 19.7 Å². The van der Waals surface area contributed by atoms with Gasteiger partial charge in [-0.15, -0.1) is 0 Å². The van der Waals surface area contributed by atoms with Crippen LogP contribution in [0.2, 0.25) is 0 Å². The maximum absolute atomic E-state index is 7.43. The van der Waals surface area contributed by atoms with E-state index in [1.54, 1.807) is 14.2 Å². The molecule has 5 nitrogen and oxygen atoms in total. The van der Waals surface area contributed by atoms with Gasteiger partial charge in [-0.2, -0.15) is 5.97 Å². The predicted molar refractivity (Wildman–Crippen MR) is 96.9 cm³/mol. The molecule has 1 saturated heterocycles. The molecule has 2 aliphatic heterocycles. The third-order valence-electron chi connectivity index (χ3n) is 4.55. The summed E-state index contributed by atoms with van der Waals surface area (Å²) >= 11 is 0. The van der Waals surface area contributed by atoms with E-state index in [1.165, 1.54) is 16.9 Å². The van der Waals surface area contributed by atoms with Crippen LogP contribution >= 0.6 is 0 Å². The first-order valence-corrected chi connectivity index (χ1v) is 7.71. The van der Waals surface area contributed by atoms with E-state index in [9.17, 15) is 0 Å². The number of rotatable bonds is 4. The molecule has 1 aromatic rings. The fourth-order valence-corrected chi connectivity index (χ4v) is 3.40. The van der Waals surface area contributed by atoms with Crippen LogP contribution in [-0.4, -0.2) is 48.0 Å². The molecule has 0 saturated carbocycles. The largest absolute Gasteiger partial charge is 1.00 e. The first kappa shape index (κ1) is 21.3. The van der Waals surface area contributed by atoms with Gasteiger partial charge in [0, 0.05) is 51.1 Å². The zero-order chi connectivity index (χ0) is 16.7. The smallest absolute Gasteiger partial charge is 0.384 e. The molecule has 0 radical (unpaired) electrons. The van der Waals surface area contributed by atoms with Crippen molar-refractivity contribution in [2.45, 2.75) is 25.6 Å². The third-order valence-corrected chi connectivity index (χ3v) is 4.55. The minimum absolute atomic E-state index is 0. The number of nitriles is 1. The number of methoxy groups -OCH3 is 2. The van der Waals surface area contributed by atoms with Crippen LogP contribution in [0, 0.1) is 17.1 Å². The van der Waals surface area contributed by atoms with Crippen molar-refractivity contribution in [3.8, 4) is 5.97 Å². The van der Waals surface area contributed by atoms with Crippen LogP contribution in [0.1, 0.15) is 18.4 Å². The molecule has 2 heterocycles. The fourth-order valence-electron chi connectivity index (χ4n) is 3.40. The van der Waals surface area contributed by atoms with E-state index in [0.29, 0.717) is 5.92 Å². The summed E-state index contributed by atoms with van der Waals surface area (Å²) in [5.41, 5.74) is 4.12. The molecular formula is C17H27BN3NaO2. The molecular weight excluding hydrogens is 312 g/mol. The summed E-state index contributed by atoms with van der Waals surface area (Å²) in [6, 6.07) is 6.80. The molecule has 0 unspecified atom stereocenters. The van der Waals surface area contributed by atoms with E-state index in [1.807, 2.05) is 5.97 Å². The molecule has 0 aromatic heterocycles. The molecule has 0 aliphatic carbocycles. The number of anilines is 2. The number of piperidine rings is 1. The van der Waals surface area contributed by atoms with Crippen LogP contribution in [0.5, 0.6) is 0 Å². The number of benzene rings is 1. The molecule has 1 fully saturated rings. The predicted octanol–water partition coefficient (Wildman–Crippen LogP) is -1.67. The van der Waals surface area contributed by atoms with Crippen molar-refractivity contribution in [1.29, 1.82) is 5.26 Å². The third kappa shape index (κ3) is 5.40. The molecule has 0 bridgehead atoms. The maximum Gasteiger partial charge on any atom is 1.00 e. The molecule has 7 heteroatoms. The second kappa shape index (κ2) is 11.0. The Morgan fingerprint density at radius 2 is 1.92 bits per heavy atom. The second-order valence-corrected chi connectivity index (χ2v) is 5.68. The van der Waals surface area contributed by atoms with E-state index in [2.05, 4.69) is 28.4 Å². The van der Waals surface area contributed by atoms with Crippen molar-refractivity contribution in [2.24, 2.45) is 5.92 Å². The van der Waals surface area contributed by atoms with Crippen LogP contribution in [0.4, 0.5) is 11.4 Å². The van der Waals surface area contributed by atoms with Gasteiger partial charge in [0.1, 0.15) is 0 Å². The molecule has 24 heavy (non-hydrogen) atoms. The fraction of sp³-hybridized carbons (Fsp3) is 0.588. The van der Waals surface area contributed by atoms with Crippen LogP contribution < -0.4 is 39.8 Å². The Labute approximate surface area is 168 Å². The van der Waals surface area contributed by atoms with Gasteiger partial charge in [0.2, 0.25) is 0 Å². The van der Waals surface area contributed by atoms with Crippen molar-refractivity contribution in [1.82, 2.24) is 0 Å². The summed E-state index contributed by atoms with van der Waals surface area (Å²) < 4.78 is 10.8. The number of hydrogen-bond acceptors (Lipinski definition) is 5. The van der Waals surface area contributed by atoms with Gasteiger partial charge >= 0.3 is 29.6 Å². The number of nitrogens with one attached hydrogen (secondary N) is 1. The molecule has 0 atom stereocenters. The number of ether oxygens (including phenoxy) is 2. The molecule has 3 rings (SSSR count). The number of nitrogens with zero attached hydrogens (tertiary/aromatic N) is 2. The molecule has 1 N–H and O–H groups in total. The summed E-state index contributed by atoms with van der Waals surface area (Å²) in [4.78, 5) is 2.48. The number of hydrogen-bond donors (Lipinski definition) is 1. The zero-order valence-electron chi connectivity index (χ0n) is 14.3. The maximum atomic E-state index is 7.43. The summed E-state index contributed by atoms with van der Waals surface area (Å²) in [5, 5.41) is 10.8. The molecule has 126 valence electrons. The van der Waals surface area contributed by atoms with Crippen LogP contribution in [0.25, 0.3) is 0 Å². The first-order valence-electron chi connectivity index (χ1n) is 7.71. The summed E-state index contributed by atoms with van der Waals surface area (Å²) in [6.07, 6.45) is 3.35. The minimum atomic E-state index is -0.0543. The first-order chi connectivity index (χ1) is 11.2. The molecule has 0 amide bonds. The number of fused-ring (bicyclic) bond motifs is 1. The Morgan fingerprint density at radius 3 is 2.50 bits per heavy atom. The van der Waals surface area contributed by atoms with Gasteiger partial charge in [-0.3, -0.25) is 5.26 Å². The van der Waals surface area contributed by atoms with E-state index < -0.39 is 0 Å².